The molecule has 0 rings (SSSR count). The Balaban J connectivity index is 4.03. The van der Waals surface area contributed by atoms with Crippen LogP contribution in [0.15, 0.2) is 0 Å². The monoisotopic (exact) mass is 186 g/mol. The molecular formula is C10H18O3. The molecule has 0 aliphatic heterocycles. The Morgan fingerprint density at radius 2 is 1.85 bits per heavy atom. The lowest BCUT2D eigenvalue weighted by molar-refractivity contribution is -0.148. The largest absolute Gasteiger partial charge is 0.468 e. The van der Waals surface area contributed by atoms with E-state index in [1.165, 1.54) is 7.11 Å². The van der Waals surface area contributed by atoms with Crippen LogP contribution >= 0.6 is 0 Å². The van der Waals surface area contributed by atoms with Gasteiger partial charge in [0.05, 0.1) is 7.11 Å². The summed E-state index contributed by atoms with van der Waals surface area (Å²) in [7, 11) is 1.30. The predicted octanol–water partition coefficient (Wildman–Crippen LogP) is 1.80. The van der Waals surface area contributed by atoms with Crippen LogP contribution in [-0.2, 0) is 14.3 Å². The molecule has 0 aromatic rings. The van der Waals surface area contributed by atoms with E-state index in [2.05, 4.69) is 4.74 Å². The van der Waals surface area contributed by atoms with Crippen LogP contribution in [-0.4, -0.2) is 18.9 Å². The number of esters is 1. The van der Waals surface area contributed by atoms with Gasteiger partial charge in [-0.25, -0.2) is 0 Å². The highest BCUT2D eigenvalue weighted by molar-refractivity contribution is 5.98. The van der Waals surface area contributed by atoms with Crippen molar-refractivity contribution >= 4 is 11.8 Å². The molecule has 0 heterocycles. The second-order valence-corrected chi connectivity index (χ2v) is 3.43. The first-order valence-electron chi connectivity index (χ1n) is 4.63. The van der Waals surface area contributed by atoms with Crippen molar-refractivity contribution in [1.29, 1.82) is 0 Å². The number of Topliss-reactive ketones (excluding diaryl/α,β-unsaturated/α-hetero) is 1. The van der Waals surface area contributed by atoms with Crippen molar-refractivity contribution in [3.05, 3.63) is 0 Å². The SMILES string of the molecule is CCC(C)CC(=O)C(C)C(=O)OC. The summed E-state index contributed by atoms with van der Waals surface area (Å²) in [5.74, 6) is -0.729. The van der Waals surface area contributed by atoms with Crippen LogP contribution in [0, 0.1) is 11.8 Å². The Kier molecular flexibility index (Phi) is 5.35. The molecule has 13 heavy (non-hydrogen) atoms. The van der Waals surface area contributed by atoms with Crippen molar-refractivity contribution in [2.24, 2.45) is 11.8 Å². The number of rotatable bonds is 5. The third kappa shape index (κ3) is 4.06. The van der Waals surface area contributed by atoms with Crippen LogP contribution < -0.4 is 0 Å². The molecule has 0 saturated heterocycles. The molecule has 0 aliphatic rings. The molecule has 0 spiro atoms. The Morgan fingerprint density at radius 1 is 1.31 bits per heavy atom. The molecular weight excluding hydrogens is 168 g/mol. The molecule has 0 amide bonds. The third-order valence-electron chi connectivity index (χ3n) is 2.28. The summed E-state index contributed by atoms with van der Waals surface area (Å²) in [5, 5.41) is 0. The number of ketones is 1. The van der Waals surface area contributed by atoms with Crippen LogP contribution in [0.2, 0.25) is 0 Å². The zero-order valence-corrected chi connectivity index (χ0v) is 8.79. The van der Waals surface area contributed by atoms with E-state index in [-0.39, 0.29) is 5.78 Å². The van der Waals surface area contributed by atoms with E-state index in [4.69, 9.17) is 0 Å². The molecule has 2 unspecified atom stereocenters. The third-order valence-corrected chi connectivity index (χ3v) is 2.28. The minimum Gasteiger partial charge on any atom is -0.468 e. The first kappa shape index (κ1) is 12.1. The van der Waals surface area contributed by atoms with Gasteiger partial charge < -0.3 is 4.74 Å². The molecule has 0 saturated carbocycles. The molecule has 0 aromatic carbocycles. The van der Waals surface area contributed by atoms with Crippen molar-refractivity contribution in [3.8, 4) is 0 Å². The van der Waals surface area contributed by atoms with E-state index >= 15 is 0 Å². The van der Waals surface area contributed by atoms with Gasteiger partial charge >= 0.3 is 5.97 Å². The predicted molar refractivity (Wildman–Crippen MR) is 50.3 cm³/mol. The van der Waals surface area contributed by atoms with Crippen molar-refractivity contribution < 1.29 is 14.3 Å². The molecule has 0 N–H and O–H groups in total. The average Bonchev–Trinajstić information content (AvgIpc) is 2.14. The van der Waals surface area contributed by atoms with Gasteiger partial charge in [-0.05, 0) is 12.8 Å². The van der Waals surface area contributed by atoms with Gasteiger partial charge in [0, 0.05) is 6.42 Å². The Labute approximate surface area is 79.5 Å². The standard InChI is InChI=1S/C10H18O3/c1-5-7(2)6-9(11)8(3)10(12)13-4/h7-8H,5-6H2,1-4H3. The van der Waals surface area contributed by atoms with E-state index in [1.54, 1.807) is 6.92 Å². The molecule has 3 heteroatoms. The maximum absolute atomic E-state index is 11.4. The summed E-state index contributed by atoms with van der Waals surface area (Å²) in [6.07, 6.45) is 1.42. The molecule has 0 radical (unpaired) electrons. The van der Waals surface area contributed by atoms with Gasteiger partial charge in [0.25, 0.3) is 0 Å². The number of hydrogen-bond acceptors (Lipinski definition) is 3. The van der Waals surface area contributed by atoms with Gasteiger partial charge in [-0.1, -0.05) is 20.3 Å². The van der Waals surface area contributed by atoms with Gasteiger partial charge in [-0.3, -0.25) is 9.59 Å². The van der Waals surface area contributed by atoms with Crippen LogP contribution in [0.3, 0.4) is 0 Å². The Bertz CT molecular complexity index is 187. The number of methoxy groups -OCH3 is 1. The minimum atomic E-state index is -0.612. The minimum absolute atomic E-state index is 0.0267. The first-order valence-corrected chi connectivity index (χ1v) is 4.63. The fourth-order valence-electron chi connectivity index (χ4n) is 0.973. The number of ether oxygens (including phenoxy) is 1. The molecule has 0 fully saturated rings. The zero-order valence-electron chi connectivity index (χ0n) is 8.79. The van der Waals surface area contributed by atoms with Crippen molar-refractivity contribution in [3.63, 3.8) is 0 Å². The quantitative estimate of drug-likeness (QED) is 0.485. The molecule has 3 nitrogen and oxygen atoms in total. The first-order chi connectivity index (χ1) is 6.02. The highest BCUT2D eigenvalue weighted by atomic mass is 16.5. The van der Waals surface area contributed by atoms with Crippen molar-refractivity contribution in [2.75, 3.05) is 7.11 Å². The van der Waals surface area contributed by atoms with E-state index in [0.717, 1.165) is 6.42 Å². The van der Waals surface area contributed by atoms with Crippen molar-refractivity contribution in [1.82, 2.24) is 0 Å². The number of hydrogen-bond donors (Lipinski definition) is 0. The normalized spacial score (nSPS) is 14.8. The topological polar surface area (TPSA) is 43.4 Å². The molecule has 0 aliphatic carbocycles. The maximum atomic E-state index is 11.4. The lowest BCUT2D eigenvalue weighted by Crippen LogP contribution is -2.23. The van der Waals surface area contributed by atoms with Crippen LogP contribution in [0.25, 0.3) is 0 Å². The van der Waals surface area contributed by atoms with E-state index in [0.29, 0.717) is 12.3 Å². The molecule has 0 aromatic heterocycles. The fraction of sp³-hybridized carbons (Fsp3) is 0.800. The summed E-state index contributed by atoms with van der Waals surface area (Å²) in [6.45, 7) is 5.62. The van der Waals surface area contributed by atoms with Gasteiger partial charge in [-0.2, -0.15) is 0 Å². The van der Waals surface area contributed by atoms with Gasteiger partial charge in [-0.15, -0.1) is 0 Å². The molecule has 2 atom stereocenters. The van der Waals surface area contributed by atoms with E-state index in [9.17, 15) is 9.59 Å². The fourth-order valence-corrected chi connectivity index (χ4v) is 0.973. The lowest BCUT2D eigenvalue weighted by atomic mass is 9.95. The maximum Gasteiger partial charge on any atom is 0.315 e. The molecule has 0 bridgehead atoms. The Hall–Kier alpha value is -0.860. The van der Waals surface area contributed by atoms with E-state index < -0.39 is 11.9 Å². The summed E-state index contributed by atoms with van der Waals surface area (Å²) in [5.41, 5.74) is 0. The number of carbonyl (C=O) groups excluding carboxylic acids is 2. The Morgan fingerprint density at radius 3 is 2.23 bits per heavy atom. The number of carbonyl (C=O) groups is 2. The van der Waals surface area contributed by atoms with Crippen LogP contribution in [0.4, 0.5) is 0 Å². The van der Waals surface area contributed by atoms with E-state index in [1.807, 2.05) is 13.8 Å². The highest BCUT2D eigenvalue weighted by Gasteiger charge is 2.22. The summed E-state index contributed by atoms with van der Waals surface area (Å²) in [6, 6.07) is 0. The molecule has 76 valence electrons. The second-order valence-electron chi connectivity index (χ2n) is 3.43. The van der Waals surface area contributed by atoms with Gasteiger partial charge in [0.2, 0.25) is 0 Å². The lowest BCUT2D eigenvalue weighted by Gasteiger charge is -2.11. The van der Waals surface area contributed by atoms with Crippen LogP contribution in [0.1, 0.15) is 33.6 Å². The van der Waals surface area contributed by atoms with Gasteiger partial charge in [0.15, 0.2) is 0 Å². The smallest absolute Gasteiger partial charge is 0.315 e. The van der Waals surface area contributed by atoms with Crippen molar-refractivity contribution in [2.45, 2.75) is 33.6 Å². The average molecular weight is 186 g/mol. The second kappa shape index (κ2) is 5.73. The highest BCUT2D eigenvalue weighted by Crippen LogP contribution is 2.12. The summed E-state index contributed by atoms with van der Waals surface area (Å²) < 4.78 is 4.49. The zero-order chi connectivity index (χ0) is 10.4. The summed E-state index contributed by atoms with van der Waals surface area (Å²) >= 11 is 0. The van der Waals surface area contributed by atoms with Crippen LogP contribution in [0.5, 0.6) is 0 Å². The van der Waals surface area contributed by atoms with Gasteiger partial charge in [0.1, 0.15) is 11.7 Å². The summed E-state index contributed by atoms with van der Waals surface area (Å²) in [4.78, 5) is 22.4.